The van der Waals surface area contributed by atoms with Crippen LogP contribution in [0.4, 0.5) is 0 Å². The Morgan fingerprint density at radius 2 is 1.97 bits per heavy atom. The van der Waals surface area contributed by atoms with Crippen molar-refractivity contribution in [3.8, 4) is 0 Å². The average molecular weight is 453 g/mol. The van der Waals surface area contributed by atoms with E-state index in [4.69, 9.17) is 10.7 Å². The number of nitrogens with one attached hydrogen (secondary N) is 1. The zero-order valence-electron chi connectivity index (χ0n) is 19.8. The van der Waals surface area contributed by atoms with Crippen LogP contribution >= 0.6 is 0 Å². The van der Waals surface area contributed by atoms with Gasteiger partial charge in [0.15, 0.2) is 5.96 Å². The van der Waals surface area contributed by atoms with Gasteiger partial charge in [-0.2, -0.15) is 0 Å². The fraction of sp³-hybridized carbons (Fsp3) is 0.615. The largest absolute Gasteiger partial charge is 0.785 e. The Hall–Kier alpha value is -2.38. The minimum atomic E-state index is -0.383. The number of nitrogens with two attached hydrogens (primary N) is 1. The summed E-state index contributed by atoms with van der Waals surface area (Å²) < 4.78 is 0. The molecule has 0 aromatic heterocycles. The van der Waals surface area contributed by atoms with Crippen LogP contribution in [-0.2, 0) is 11.2 Å². The van der Waals surface area contributed by atoms with E-state index in [0.717, 1.165) is 55.7 Å². The van der Waals surface area contributed by atoms with Crippen LogP contribution in [0.1, 0.15) is 56.9 Å². The number of rotatable bonds is 7. The fourth-order valence-corrected chi connectivity index (χ4v) is 5.79. The van der Waals surface area contributed by atoms with Crippen molar-refractivity contribution in [1.82, 2.24) is 15.3 Å². The van der Waals surface area contributed by atoms with Gasteiger partial charge in [0.05, 0.1) is 0 Å². The SMILES string of the molecule is C=C1N(C)C(N)=N[C@]1(CCc1ccccc1)C[C@H]1CCC[C@@H](NC(=O)C2CCN([O-])CC2)C1. The van der Waals surface area contributed by atoms with Gasteiger partial charge in [-0.3, -0.25) is 4.79 Å². The van der Waals surface area contributed by atoms with E-state index in [1.807, 2.05) is 18.0 Å². The Labute approximate surface area is 197 Å². The average Bonchev–Trinajstić information content (AvgIpc) is 3.02. The van der Waals surface area contributed by atoms with E-state index < -0.39 is 0 Å². The van der Waals surface area contributed by atoms with Crippen molar-refractivity contribution in [2.75, 3.05) is 20.1 Å². The minimum Gasteiger partial charge on any atom is -0.785 e. The molecule has 0 radical (unpaired) electrons. The van der Waals surface area contributed by atoms with Crippen LogP contribution in [0.25, 0.3) is 0 Å². The van der Waals surface area contributed by atoms with E-state index in [-0.39, 0.29) is 23.4 Å². The summed E-state index contributed by atoms with van der Waals surface area (Å²) in [6, 6.07) is 10.7. The van der Waals surface area contributed by atoms with Gasteiger partial charge in [0.1, 0.15) is 5.54 Å². The number of guanidine groups is 1. The van der Waals surface area contributed by atoms with Crippen LogP contribution in [0.3, 0.4) is 0 Å². The van der Waals surface area contributed by atoms with E-state index >= 15 is 0 Å². The summed E-state index contributed by atoms with van der Waals surface area (Å²) in [7, 11) is 1.95. The Morgan fingerprint density at radius 3 is 2.64 bits per heavy atom. The number of hydrogen-bond donors (Lipinski definition) is 2. The first-order valence-electron chi connectivity index (χ1n) is 12.4. The third-order valence-corrected chi connectivity index (χ3v) is 7.86. The van der Waals surface area contributed by atoms with Crippen LogP contribution < -0.4 is 11.1 Å². The zero-order chi connectivity index (χ0) is 23.4. The minimum absolute atomic E-state index is 0.0274. The highest BCUT2D eigenvalue weighted by Crippen LogP contribution is 2.42. The molecule has 1 saturated carbocycles. The van der Waals surface area contributed by atoms with Crippen LogP contribution in [-0.4, -0.2) is 53.5 Å². The second kappa shape index (κ2) is 10.3. The molecule has 0 bridgehead atoms. The molecule has 1 saturated heterocycles. The van der Waals surface area contributed by atoms with Gasteiger partial charge in [-0.05, 0) is 69.5 Å². The first-order chi connectivity index (χ1) is 15.9. The molecule has 1 aliphatic carbocycles. The number of benzene rings is 1. The lowest BCUT2D eigenvalue weighted by atomic mass is 9.74. The molecule has 2 aliphatic heterocycles. The molecule has 1 amide bonds. The molecule has 4 rings (SSSR count). The Balaban J connectivity index is 1.39. The number of nitrogens with zero attached hydrogens (tertiary/aromatic N) is 3. The maximum Gasteiger partial charge on any atom is 0.223 e. The van der Waals surface area contributed by atoms with Gasteiger partial charge < -0.3 is 26.2 Å². The van der Waals surface area contributed by atoms with Gasteiger partial charge in [0.25, 0.3) is 0 Å². The molecule has 2 fully saturated rings. The number of carbonyl (C=O) groups is 1. The van der Waals surface area contributed by atoms with E-state index in [2.05, 4.69) is 36.2 Å². The molecule has 0 unspecified atom stereocenters. The number of likely N-dealkylation sites (N-methyl/N-ethyl adjacent to an activating group) is 1. The van der Waals surface area contributed by atoms with Crippen molar-refractivity contribution in [3.63, 3.8) is 0 Å². The molecule has 33 heavy (non-hydrogen) atoms. The number of aryl methyl sites for hydroxylation is 1. The Kier molecular flexibility index (Phi) is 7.39. The van der Waals surface area contributed by atoms with Gasteiger partial charge in [-0.25, -0.2) is 4.99 Å². The molecule has 0 spiro atoms. The van der Waals surface area contributed by atoms with Crippen molar-refractivity contribution < 1.29 is 4.79 Å². The third kappa shape index (κ3) is 5.58. The number of hydroxylamine groups is 2. The lowest BCUT2D eigenvalue weighted by Gasteiger charge is -2.38. The summed E-state index contributed by atoms with van der Waals surface area (Å²) in [4.78, 5) is 19.7. The number of piperidine rings is 1. The second-order valence-corrected chi connectivity index (χ2v) is 10.1. The lowest BCUT2D eigenvalue weighted by molar-refractivity contribution is -0.127. The van der Waals surface area contributed by atoms with Crippen molar-refractivity contribution in [3.05, 3.63) is 53.4 Å². The predicted molar refractivity (Wildman–Crippen MR) is 132 cm³/mol. The van der Waals surface area contributed by atoms with Gasteiger partial charge in [0, 0.05) is 24.7 Å². The van der Waals surface area contributed by atoms with Crippen molar-refractivity contribution in [2.24, 2.45) is 22.6 Å². The van der Waals surface area contributed by atoms with Crippen molar-refractivity contribution in [2.45, 2.75) is 69.4 Å². The van der Waals surface area contributed by atoms with Crippen LogP contribution in [0, 0.1) is 17.0 Å². The highest BCUT2D eigenvalue weighted by atomic mass is 16.5. The zero-order valence-corrected chi connectivity index (χ0v) is 19.8. The third-order valence-electron chi connectivity index (χ3n) is 7.86. The fourth-order valence-electron chi connectivity index (χ4n) is 5.79. The van der Waals surface area contributed by atoms with Crippen molar-refractivity contribution in [1.29, 1.82) is 0 Å². The van der Waals surface area contributed by atoms with E-state index in [1.165, 1.54) is 5.56 Å². The molecule has 1 aromatic carbocycles. The van der Waals surface area contributed by atoms with Crippen LogP contribution in [0.5, 0.6) is 0 Å². The molecule has 7 heteroatoms. The van der Waals surface area contributed by atoms with E-state index in [1.54, 1.807) is 0 Å². The normalized spacial score (nSPS) is 29.2. The quantitative estimate of drug-likeness (QED) is 0.661. The molecular formula is C26H38N5O2-. The first kappa shape index (κ1) is 23.8. The molecule has 3 atom stereocenters. The Morgan fingerprint density at radius 1 is 1.24 bits per heavy atom. The number of hydrogen-bond acceptors (Lipinski definition) is 6. The summed E-state index contributed by atoms with van der Waals surface area (Å²) in [5.74, 6) is 1.10. The van der Waals surface area contributed by atoms with Gasteiger partial charge in [-0.1, -0.05) is 49.8 Å². The standard InChI is InChI=1S/C26H38N5O2/c1-19-26(29-25(27)30(19)2,14-11-20-7-4-3-5-8-20)18-21-9-6-10-23(17-21)28-24(32)22-12-15-31(33)16-13-22/h3-5,7-8,21-23H,1,6,9-18H2,2H3,(H2,27,29)(H,28,32)/q-1/t21-,23+,26+/m0/s1. The summed E-state index contributed by atoms with van der Waals surface area (Å²) in [5.41, 5.74) is 8.13. The first-order valence-corrected chi connectivity index (χ1v) is 12.4. The highest BCUT2D eigenvalue weighted by molar-refractivity contribution is 5.83. The maximum absolute atomic E-state index is 12.8. The van der Waals surface area contributed by atoms with E-state index in [0.29, 0.717) is 37.8 Å². The molecule has 7 nitrogen and oxygen atoms in total. The van der Waals surface area contributed by atoms with Crippen LogP contribution in [0.2, 0.25) is 0 Å². The monoisotopic (exact) mass is 452 g/mol. The van der Waals surface area contributed by atoms with Crippen LogP contribution in [0.15, 0.2) is 47.6 Å². The molecule has 3 N–H and O–H groups in total. The van der Waals surface area contributed by atoms with Gasteiger partial charge in [-0.15, -0.1) is 0 Å². The number of amides is 1. The predicted octanol–water partition coefficient (Wildman–Crippen LogP) is 3.41. The van der Waals surface area contributed by atoms with Gasteiger partial charge in [0.2, 0.25) is 5.91 Å². The molecule has 180 valence electrons. The smallest absolute Gasteiger partial charge is 0.223 e. The summed E-state index contributed by atoms with van der Waals surface area (Å²) in [6.07, 6.45) is 8.26. The summed E-state index contributed by atoms with van der Waals surface area (Å²) >= 11 is 0. The molecule has 2 heterocycles. The van der Waals surface area contributed by atoms with E-state index in [9.17, 15) is 10.0 Å². The topological polar surface area (TPSA) is 97.0 Å². The molecular weight excluding hydrogens is 414 g/mol. The molecule has 3 aliphatic rings. The molecule has 1 aromatic rings. The Bertz CT molecular complexity index is 865. The highest BCUT2D eigenvalue weighted by Gasteiger charge is 2.43. The summed E-state index contributed by atoms with van der Waals surface area (Å²) in [5, 5.41) is 15.8. The van der Waals surface area contributed by atoms with Crippen molar-refractivity contribution >= 4 is 11.9 Å². The second-order valence-electron chi connectivity index (χ2n) is 10.1. The maximum atomic E-state index is 12.8. The number of aliphatic imine (C=N–C) groups is 1. The lowest BCUT2D eigenvalue weighted by Crippen LogP contribution is -2.45. The summed E-state index contributed by atoms with van der Waals surface area (Å²) in [6.45, 7) is 5.31. The van der Waals surface area contributed by atoms with Gasteiger partial charge >= 0.3 is 0 Å². The number of carbonyl (C=O) groups excluding carboxylic acids is 1.